The third-order valence-corrected chi connectivity index (χ3v) is 3.44. The van der Waals surface area contributed by atoms with Crippen LogP contribution in [0, 0.1) is 0 Å². The van der Waals surface area contributed by atoms with Crippen LogP contribution in [0.4, 0.5) is 0 Å². The van der Waals surface area contributed by atoms with Gasteiger partial charge >= 0.3 is 0 Å². The minimum Gasteiger partial charge on any atom is -0.491 e. The third kappa shape index (κ3) is 7.46. The SMILES string of the molecule is CC(C)N(CCNCC(O)COc1ccccc1)C(C)C. The first kappa shape index (κ1) is 18.0. The summed E-state index contributed by atoms with van der Waals surface area (Å²) in [4.78, 5) is 2.43. The van der Waals surface area contributed by atoms with E-state index in [1.54, 1.807) is 0 Å². The summed E-state index contributed by atoms with van der Waals surface area (Å²) in [6.07, 6.45) is -0.489. The van der Waals surface area contributed by atoms with Crippen molar-refractivity contribution < 1.29 is 9.84 Å². The molecule has 0 amide bonds. The van der Waals surface area contributed by atoms with Crippen molar-refractivity contribution in [2.45, 2.75) is 45.9 Å². The third-order valence-electron chi connectivity index (χ3n) is 3.44. The number of hydrogen-bond donors (Lipinski definition) is 2. The molecule has 0 aromatic heterocycles. The van der Waals surface area contributed by atoms with Gasteiger partial charge in [-0.15, -0.1) is 0 Å². The van der Waals surface area contributed by atoms with Gasteiger partial charge in [-0.3, -0.25) is 4.90 Å². The first-order valence-corrected chi connectivity index (χ1v) is 7.83. The lowest BCUT2D eigenvalue weighted by Crippen LogP contribution is -2.43. The van der Waals surface area contributed by atoms with E-state index in [4.69, 9.17) is 4.74 Å². The Bertz CT molecular complexity index is 360. The molecule has 1 rings (SSSR count). The standard InChI is InChI=1S/C17H30N2O2/c1-14(2)19(15(3)4)11-10-18-12-16(20)13-21-17-8-6-5-7-9-17/h5-9,14-16,18,20H,10-13H2,1-4H3. The number of aliphatic hydroxyl groups is 1. The molecule has 0 saturated carbocycles. The van der Waals surface area contributed by atoms with Gasteiger partial charge in [0.1, 0.15) is 18.5 Å². The van der Waals surface area contributed by atoms with Crippen LogP contribution in [-0.4, -0.2) is 54.4 Å². The average molecular weight is 294 g/mol. The van der Waals surface area contributed by atoms with Gasteiger partial charge in [0.25, 0.3) is 0 Å². The molecule has 0 aliphatic rings. The Morgan fingerprint density at radius 2 is 1.71 bits per heavy atom. The number of ether oxygens (including phenoxy) is 1. The lowest BCUT2D eigenvalue weighted by Gasteiger charge is -2.30. The van der Waals surface area contributed by atoms with Gasteiger partial charge in [-0.25, -0.2) is 0 Å². The monoisotopic (exact) mass is 294 g/mol. The van der Waals surface area contributed by atoms with E-state index in [0.717, 1.165) is 18.8 Å². The maximum atomic E-state index is 9.89. The molecule has 0 saturated heterocycles. The number of hydrogen-bond acceptors (Lipinski definition) is 4. The van der Waals surface area contributed by atoms with Gasteiger partial charge in [0.2, 0.25) is 0 Å². The van der Waals surface area contributed by atoms with E-state index in [1.807, 2.05) is 30.3 Å². The van der Waals surface area contributed by atoms with Crippen LogP contribution >= 0.6 is 0 Å². The number of benzene rings is 1. The Hall–Kier alpha value is -1.10. The van der Waals surface area contributed by atoms with Crippen LogP contribution < -0.4 is 10.1 Å². The minimum absolute atomic E-state index is 0.315. The first-order valence-electron chi connectivity index (χ1n) is 7.83. The second kappa shape index (κ2) is 9.77. The Morgan fingerprint density at radius 3 is 2.29 bits per heavy atom. The van der Waals surface area contributed by atoms with Gasteiger partial charge in [0.05, 0.1) is 0 Å². The van der Waals surface area contributed by atoms with Crippen LogP contribution in [0.15, 0.2) is 30.3 Å². The number of nitrogens with one attached hydrogen (secondary N) is 1. The predicted octanol–water partition coefficient (Wildman–Crippen LogP) is 2.13. The number of nitrogens with zero attached hydrogens (tertiary/aromatic N) is 1. The molecule has 1 aromatic carbocycles. The zero-order valence-electron chi connectivity index (χ0n) is 13.7. The van der Waals surface area contributed by atoms with Gasteiger partial charge < -0.3 is 15.2 Å². The summed E-state index contributed by atoms with van der Waals surface area (Å²) >= 11 is 0. The van der Waals surface area contributed by atoms with E-state index in [2.05, 4.69) is 37.9 Å². The first-order chi connectivity index (χ1) is 10.0. The van der Waals surface area contributed by atoms with Crippen LogP contribution in [0.25, 0.3) is 0 Å². The smallest absolute Gasteiger partial charge is 0.119 e. The quantitative estimate of drug-likeness (QED) is 0.649. The molecule has 4 nitrogen and oxygen atoms in total. The molecule has 1 atom stereocenters. The molecule has 0 aliphatic carbocycles. The Morgan fingerprint density at radius 1 is 1.10 bits per heavy atom. The van der Waals surface area contributed by atoms with Crippen LogP contribution in [0.5, 0.6) is 5.75 Å². The fraction of sp³-hybridized carbons (Fsp3) is 0.647. The van der Waals surface area contributed by atoms with Crippen LogP contribution in [0.1, 0.15) is 27.7 Å². The molecule has 1 aromatic rings. The predicted molar refractivity (Wildman–Crippen MR) is 87.8 cm³/mol. The molecule has 2 N–H and O–H groups in total. The van der Waals surface area contributed by atoms with E-state index in [-0.39, 0.29) is 0 Å². The summed E-state index contributed by atoms with van der Waals surface area (Å²) in [5, 5.41) is 13.2. The maximum absolute atomic E-state index is 9.89. The molecule has 0 aliphatic heterocycles. The second-order valence-electron chi connectivity index (χ2n) is 5.91. The maximum Gasteiger partial charge on any atom is 0.119 e. The van der Waals surface area contributed by atoms with Crippen LogP contribution in [0.3, 0.4) is 0 Å². The van der Waals surface area contributed by atoms with Gasteiger partial charge in [0.15, 0.2) is 0 Å². The van der Waals surface area contributed by atoms with Crippen LogP contribution in [0.2, 0.25) is 0 Å². The van der Waals surface area contributed by atoms with Gasteiger partial charge in [-0.05, 0) is 39.8 Å². The molecule has 4 heteroatoms. The average Bonchev–Trinajstić information content (AvgIpc) is 2.45. The van der Waals surface area contributed by atoms with Gasteiger partial charge in [-0.2, -0.15) is 0 Å². The highest BCUT2D eigenvalue weighted by Crippen LogP contribution is 2.08. The van der Waals surface area contributed by atoms with Crippen molar-refractivity contribution in [3.05, 3.63) is 30.3 Å². The molecule has 0 spiro atoms. The normalized spacial score (nSPS) is 13.1. The molecule has 21 heavy (non-hydrogen) atoms. The summed E-state index contributed by atoms with van der Waals surface area (Å²) in [5.41, 5.74) is 0. The molecule has 0 radical (unpaired) electrons. The largest absolute Gasteiger partial charge is 0.491 e. The summed E-state index contributed by atoms with van der Waals surface area (Å²) in [6.45, 7) is 11.6. The number of para-hydroxylation sites is 1. The lowest BCUT2D eigenvalue weighted by molar-refractivity contribution is 0.104. The topological polar surface area (TPSA) is 44.7 Å². The lowest BCUT2D eigenvalue weighted by atomic mass is 10.2. The van der Waals surface area contributed by atoms with Gasteiger partial charge in [-0.1, -0.05) is 18.2 Å². The Kier molecular flexibility index (Phi) is 8.35. The van der Waals surface area contributed by atoms with E-state index in [0.29, 0.717) is 25.2 Å². The highest BCUT2D eigenvalue weighted by Gasteiger charge is 2.12. The molecular formula is C17H30N2O2. The second-order valence-corrected chi connectivity index (χ2v) is 5.91. The highest BCUT2D eigenvalue weighted by atomic mass is 16.5. The molecule has 1 unspecified atom stereocenters. The molecular weight excluding hydrogens is 264 g/mol. The van der Waals surface area contributed by atoms with Crippen molar-refractivity contribution >= 4 is 0 Å². The zero-order valence-corrected chi connectivity index (χ0v) is 13.7. The van der Waals surface area contributed by atoms with Crippen molar-refractivity contribution in [3.63, 3.8) is 0 Å². The fourth-order valence-electron chi connectivity index (χ4n) is 2.36. The van der Waals surface area contributed by atoms with Crippen molar-refractivity contribution in [2.75, 3.05) is 26.2 Å². The van der Waals surface area contributed by atoms with Crippen molar-refractivity contribution in [1.29, 1.82) is 0 Å². The van der Waals surface area contributed by atoms with Crippen molar-refractivity contribution in [1.82, 2.24) is 10.2 Å². The van der Waals surface area contributed by atoms with E-state index in [1.165, 1.54) is 0 Å². The Labute approximate surface area is 129 Å². The molecule has 0 bridgehead atoms. The van der Waals surface area contributed by atoms with Gasteiger partial charge in [0, 0.05) is 31.7 Å². The van der Waals surface area contributed by atoms with E-state index >= 15 is 0 Å². The number of rotatable bonds is 10. The molecule has 120 valence electrons. The van der Waals surface area contributed by atoms with Crippen molar-refractivity contribution in [3.8, 4) is 5.75 Å². The Balaban J connectivity index is 2.14. The summed E-state index contributed by atoms with van der Waals surface area (Å²) < 4.78 is 5.52. The fourth-order valence-corrected chi connectivity index (χ4v) is 2.36. The zero-order chi connectivity index (χ0) is 15.7. The van der Waals surface area contributed by atoms with Crippen molar-refractivity contribution in [2.24, 2.45) is 0 Å². The summed E-state index contributed by atoms with van der Waals surface area (Å²) in [6, 6.07) is 10.7. The van der Waals surface area contributed by atoms with E-state index < -0.39 is 6.10 Å². The summed E-state index contributed by atoms with van der Waals surface area (Å²) in [5.74, 6) is 0.794. The van der Waals surface area contributed by atoms with Crippen LogP contribution in [-0.2, 0) is 0 Å². The molecule has 0 heterocycles. The molecule has 0 fully saturated rings. The number of aliphatic hydroxyl groups excluding tert-OH is 1. The minimum atomic E-state index is -0.489. The highest BCUT2D eigenvalue weighted by molar-refractivity contribution is 5.20. The summed E-state index contributed by atoms with van der Waals surface area (Å²) in [7, 11) is 0. The van der Waals surface area contributed by atoms with E-state index in [9.17, 15) is 5.11 Å².